The van der Waals surface area contributed by atoms with Gasteiger partial charge < -0.3 is 4.74 Å². The first-order valence-corrected chi connectivity index (χ1v) is 9.50. The number of pyridine rings is 2. The van der Waals surface area contributed by atoms with Crippen LogP contribution in [0.25, 0.3) is 38.9 Å². The summed E-state index contributed by atoms with van der Waals surface area (Å²) in [4.78, 5) is 22.4. The summed E-state index contributed by atoms with van der Waals surface area (Å²) in [5, 5.41) is 7.73. The van der Waals surface area contributed by atoms with E-state index >= 15 is 0 Å². The fraction of sp³-hybridized carbons (Fsp3) is 0.182. The Balaban J connectivity index is 1.95. The van der Waals surface area contributed by atoms with Crippen LogP contribution in [-0.4, -0.2) is 36.4 Å². The average molecular weight is 400 g/mol. The minimum Gasteiger partial charge on any atom is -0.496 e. The highest BCUT2D eigenvalue weighted by atomic mass is 16.5. The third-order valence-corrected chi connectivity index (χ3v) is 5.41. The lowest BCUT2D eigenvalue weighted by molar-refractivity contribution is 0.417. The van der Waals surface area contributed by atoms with E-state index in [0.717, 1.165) is 44.2 Å². The van der Waals surface area contributed by atoms with Gasteiger partial charge in [0.1, 0.15) is 11.6 Å². The highest BCUT2D eigenvalue weighted by Crippen LogP contribution is 2.36. The van der Waals surface area contributed by atoms with Gasteiger partial charge >= 0.3 is 5.69 Å². The summed E-state index contributed by atoms with van der Waals surface area (Å²) in [6, 6.07) is 5.90. The fourth-order valence-electron chi connectivity index (χ4n) is 3.96. The molecule has 0 saturated carbocycles. The van der Waals surface area contributed by atoms with E-state index in [4.69, 9.17) is 4.74 Å². The first-order chi connectivity index (χ1) is 14.5. The molecule has 0 aliphatic carbocycles. The SMILES string of the molecule is COc1cc2ncc3c(c2cc1-c1cn[nH]c1)n(-c1ncc(C)cc1C)c(=O)n3C. The van der Waals surface area contributed by atoms with Crippen molar-refractivity contribution in [2.45, 2.75) is 13.8 Å². The van der Waals surface area contributed by atoms with Crippen molar-refractivity contribution in [1.29, 1.82) is 0 Å². The van der Waals surface area contributed by atoms with Crippen molar-refractivity contribution in [3.63, 3.8) is 0 Å². The van der Waals surface area contributed by atoms with Gasteiger partial charge in [0.2, 0.25) is 0 Å². The Morgan fingerprint density at radius 3 is 2.60 bits per heavy atom. The molecule has 0 aliphatic heterocycles. The Morgan fingerprint density at radius 1 is 1.07 bits per heavy atom. The van der Waals surface area contributed by atoms with Crippen molar-refractivity contribution in [2.24, 2.45) is 7.05 Å². The molecule has 5 aromatic rings. The molecule has 0 unspecified atom stereocenters. The van der Waals surface area contributed by atoms with Gasteiger partial charge in [-0.2, -0.15) is 5.10 Å². The molecular weight excluding hydrogens is 380 g/mol. The standard InChI is InChI=1S/C22H20N6O2/c1-12-5-13(2)21(24-8-12)28-20-16-6-15(14-9-25-26-10-14)19(30-4)7-17(16)23-11-18(20)27(3)22(28)29/h5-11H,1-4H3,(H,25,26). The Kier molecular flexibility index (Phi) is 3.95. The first kappa shape index (κ1) is 18.1. The number of benzene rings is 1. The molecule has 0 radical (unpaired) electrons. The molecule has 0 atom stereocenters. The molecule has 0 spiro atoms. The number of aromatic nitrogens is 6. The summed E-state index contributed by atoms with van der Waals surface area (Å²) >= 11 is 0. The van der Waals surface area contributed by atoms with Crippen LogP contribution in [0.3, 0.4) is 0 Å². The van der Waals surface area contributed by atoms with Crippen molar-refractivity contribution < 1.29 is 4.74 Å². The molecule has 0 fully saturated rings. The van der Waals surface area contributed by atoms with Gasteiger partial charge in [-0.3, -0.25) is 14.6 Å². The van der Waals surface area contributed by atoms with Crippen LogP contribution in [0.15, 0.2) is 47.8 Å². The highest BCUT2D eigenvalue weighted by Gasteiger charge is 2.20. The molecule has 0 bridgehead atoms. The zero-order valence-electron chi connectivity index (χ0n) is 17.1. The number of nitrogens with one attached hydrogen (secondary N) is 1. The third kappa shape index (κ3) is 2.53. The molecular formula is C22H20N6O2. The maximum atomic E-state index is 13.2. The summed E-state index contributed by atoms with van der Waals surface area (Å²) < 4.78 is 8.87. The van der Waals surface area contributed by atoms with E-state index in [-0.39, 0.29) is 5.69 Å². The largest absolute Gasteiger partial charge is 0.496 e. The predicted molar refractivity (Wildman–Crippen MR) is 115 cm³/mol. The van der Waals surface area contributed by atoms with Crippen LogP contribution in [0.4, 0.5) is 0 Å². The molecule has 8 heteroatoms. The van der Waals surface area contributed by atoms with Gasteiger partial charge in [-0.25, -0.2) is 14.3 Å². The quantitative estimate of drug-likeness (QED) is 0.502. The lowest BCUT2D eigenvalue weighted by Crippen LogP contribution is -2.22. The summed E-state index contributed by atoms with van der Waals surface area (Å²) in [5.74, 6) is 1.30. The van der Waals surface area contributed by atoms with Crippen molar-refractivity contribution in [1.82, 2.24) is 29.3 Å². The highest BCUT2D eigenvalue weighted by molar-refractivity contribution is 6.05. The second-order valence-electron chi connectivity index (χ2n) is 7.38. The number of imidazole rings is 1. The summed E-state index contributed by atoms with van der Waals surface area (Å²) in [6.07, 6.45) is 7.04. The average Bonchev–Trinajstić information content (AvgIpc) is 3.35. The zero-order chi connectivity index (χ0) is 21.0. The van der Waals surface area contributed by atoms with Gasteiger partial charge in [-0.1, -0.05) is 6.07 Å². The number of aromatic amines is 1. The Labute approximate surface area is 171 Å². The van der Waals surface area contributed by atoms with Crippen LogP contribution in [0.5, 0.6) is 5.75 Å². The number of H-pyrrole nitrogens is 1. The number of hydrogen-bond acceptors (Lipinski definition) is 5. The zero-order valence-corrected chi connectivity index (χ0v) is 17.1. The predicted octanol–water partition coefficient (Wildman–Crippen LogP) is 3.29. The van der Waals surface area contributed by atoms with Crippen LogP contribution in [0, 0.1) is 13.8 Å². The van der Waals surface area contributed by atoms with E-state index in [0.29, 0.717) is 11.6 Å². The first-order valence-electron chi connectivity index (χ1n) is 9.50. The monoisotopic (exact) mass is 400 g/mol. The maximum Gasteiger partial charge on any atom is 0.334 e. The molecule has 0 saturated heterocycles. The summed E-state index contributed by atoms with van der Waals surface area (Å²) in [5.41, 5.74) is 5.79. The van der Waals surface area contributed by atoms with E-state index in [2.05, 4.69) is 20.2 Å². The molecule has 8 nitrogen and oxygen atoms in total. The van der Waals surface area contributed by atoms with Crippen LogP contribution < -0.4 is 10.4 Å². The van der Waals surface area contributed by atoms with Crippen LogP contribution in [0.1, 0.15) is 11.1 Å². The van der Waals surface area contributed by atoms with Gasteiger partial charge in [0.05, 0.1) is 36.1 Å². The lowest BCUT2D eigenvalue weighted by atomic mass is 10.0. The normalized spacial score (nSPS) is 11.5. The number of ether oxygens (including phenoxy) is 1. The number of nitrogens with zero attached hydrogens (tertiary/aromatic N) is 5. The Hall–Kier alpha value is -3.94. The van der Waals surface area contributed by atoms with Crippen LogP contribution in [-0.2, 0) is 7.05 Å². The second kappa shape index (κ2) is 6.55. The van der Waals surface area contributed by atoms with E-state index in [1.54, 1.807) is 48.1 Å². The molecule has 5 rings (SSSR count). The molecule has 150 valence electrons. The fourth-order valence-corrected chi connectivity index (χ4v) is 3.96. The molecule has 30 heavy (non-hydrogen) atoms. The summed E-state index contributed by atoms with van der Waals surface area (Å²) in [7, 11) is 3.38. The molecule has 4 aromatic heterocycles. The van der Waals surface area contributed by atoms with Crippen molar-refractivity contribution in [3.8, 4) is 22.7 Å². The second-order valence-corrected chi connectivity index (χ2v) is 7.38. The van der Waals surface area contributed by atoms with Crippen molar-refractivity contribution in [3.05, 3.63) is 64.6 Å². The maximum absolute atomic E-state index is 13.2. The molecule has 4 heterocycles. The topological polar surface area (TPSA) is 90.6 Å². The van der Waals surface area contributed by atoms with E-state index in [9.17, 15) is 4.79 Å². The number of hydrogen-bond donors (Lipinski definition) is 1. The number of methoxy groups -OCH3 is 1. The van der Waals surface area contributed by atoms with E-state index in [1.807, 2.05) is 32.0 Å². The Morgan fingerprint density at radius 2 is 1.90 bits per heavy atom. The third-order valence-electron chi connectivity index (χ3n) is 5.41. The van der Waals surface area contributed by atoms with E-state index < -0.39 is 0 Å². The molecule has 1 N–H and O–H groups in total. The summed E-state index contributed by atoms with van der Waals surface area (Å²) in [6.45, 7) is 3.95. The van der Waals surface area contributed by atoms with Gasteiger partial charge in [0.25, 0.3) is 0 Å². The Bertz CT molecular complexity index is 1480. The minimum absolute atomic E-state index is 0.167. The number of rotatable bonds is 3. The van der Waals surface area contributed by atoms with E-state index in [1.165, 1.54) is 0 Å². The van der Waals surface area contributed by atoms with Gasteiger partial charge in [0.15, 0.2) is 0 Å². The lowest BCUT2D eigenvalue weighted by Gasteiger charge is -2.11. The van der Waals surface area contributed by atoms with Crippen molar-refractivity contribution >= 4 is 21.9 Å². The van der Waals surface area contributed by atoms with Gasteiger partial charge in [0, 0.05) is 42.0 Å². The molecule has 0 amide bonds. The molecule has 1 aromatic carbocycles. The number of aryl methyl sites for hydroxylation is 3. The van der Waals surface area contributed by atoms with Crippen LogP contribution >= 0.6 is 0 Å². The van der Waals surface area contributed by atoms with Crippen LogP contribution in [0.2, 0.25) is 0 Å². The smallest absolute Gasteiger partial charge is 0.334 e. The molecule has 0 aliphatic rings. The number of fused-ring (bicyclic) bond motifs is 3. The van der Waals surface area contributed by atoms with Gasteiger partial charge in [-0.15, -0.1) is 0 Å². The minimum atomic E-state index is -0.167. The van der Waals surface area contributed by atoms with Gasteiger partial charge in [-0.05, 0) is 31.0 Å². The van der Waals surface area contributed by atoms with Crippen molar-refractivity contribution in [2.75, 3.05) is 7.11 Å².